The lowest BCUT2D eigenvalue weighted by Crippen LogP contribution is -2.14. The van der Waals surface area contributed by atoms with Gasteiger partial charge in [0.25, 0.3) is 5.56 Å². The summed E-state index contributed by atoms with van der Waals surface area (Å²) in [6.45, 7) is 1.78. The number of H-pyrrole nitrogens is 1. The summed E-state index contributed by atoms with van der Waals surface area (Å²) >= 11 is 6.51. The predicted molar refractivity (Wildman–Crippen MR) is 132 cm³/mol. The van der Waals surface area contributed by atoms with E-state index in [4.69, 9.17) is 16.0 Å². The van der Waals surface area contributed by atoms with Gasteiger partial charge in [-0.3, -0.25) is 9.48 Å². The molecule has 1 aromatic carbocycles. The van der Waals surface area contributed by atoms with Gasteiger partial charge in [-0.2, -0.15) is 5.10 Å². The van der Waals surface area contributed by atoms with Crippen LogP contribution < -0.4 is 5.56 Å². The van der Waals surface area contributed by atoms with Gasteiger partial charge < -0.3 is 19.1 Å². The maximum absolute atomic E-state index is 15.1. The Kier molecular flexibility index (Phi) is 4.77. The van der Waals surface area contributed by atoms with E-state index in [1.807, 2.05) is 6.92 Å². The van der Waals surface area contributed by atoms with Crippen LogP contribution in [0.15, 0.2) is 52.0 Å². The average Bonchev–Trinajstić information content (AvgIpc) is 3.51. The summed E-state index contributed by atoms with van der Waals surface area (Å²) in [4.78, 5) is 32.5. The van der Waals surface area contributed by atoms with Crippen LogP contribution >= 0.6 is 11.6 Å². The zero-order chi connectivity index (χ0) is 25.3. The van der Waals surface area contributed by atoms with Crippen LogP contribution in [0.25, 0.3) is 44.0 Å². The standard InChI is InChI=1S/C25H17ClFN5O4/c1-11-15-8-12(22(26)29-23(15)31(2)30-11)10-32-17-9-16(27)13-5-7-36-21(13)19(17)18(20(32)25(34)35)14-4-3-6-28-24(14)33/h3-9H,10H2,1-2H3,(H,28,33)(H,34,35). The van der Waals surface area contributed by atoms with Crippen molar-refractivity contribution in [2.24, 2.45) is 7.05 Å². The Morgan fingerprint density at radius 1 is 1.28 bits per heavy atom. The number of benzene rings is 1. The highest BCUT2D eigenvalue weighted by Crippen LogP contribution is 2.40. The number of fused-ring (bicyclic) bond motifs is 4. The van der Waals surface area contributed by atoms with Gasteiger partial charge in [0.2, 0.25) is 0 Å². The molecule has 0 radical (unpaired) electrons. The summed E-state index contributed by atoms with van der Waals surface area (Å²) in [6.07, 6.45) is 2.77. The van der Waals surface area contributed by atoms with Crippen LogP contribution in [0.1, 0.15) is 21.7 Å². The van der Waals surface area contributed by atoms with E-state index in [1.165, 1.54) is 35.2 Å². The fourth-order valence-corrected chi connectivity index (χ4v) is 5.01. The summed E-state index contributed by atoms with van der Waals surface area (Å²) in [7, 11) is 1.75. The van der Waals surface area contributed by atoms with Crippen molar-refractivity contribution in [1.82, 2.24) is 24.3 Å². The first-order chi connectivity index (χ1) is 17.3. The molecule has 0 bridgehead atoms. The van der Waals surface area contributed by atoms with Crippen molar-refractivity contribution >= 4 is 50.5 Å². The van der Waals surface area contributed by atoms with E-state index in [9.17, 15) is 14.7 Å². The lowest BCUT2D eigenvalue weighted by molar-refractivity contribution is 0.0687. The van der Waals surface area contributed by atoms with E-state index in [0.717, 1.165) is 11.1 Å². The van der Waals surface area contributed by atoms with Crippen molar-refractivity contribution in [1.29, 1.82) is 0 Å². The maximum Gasteiger partial charge on any atom is 0.353 e. The minimum absolute atomic E-state index is 0.0510. The van der Waals surface area contributed by atoms with Crippen LogP contribution in [0.4, 0.5) is 4.39 Å². The van der Waals surface area contributed by atoms with Crippen molar-refractivity contribution in [3.63, 3.8) is 0 Å². The molecule has 0 amide bonds. The number of pyridine rings is 2. The number of carboxylic acid groups (broad SMARTS) is 1. The molecule has 0 aliphatic rings. The molecule has 5 aromatic heterocycles. The number of carbonyl (C=O) groups is 1. The molecule has 0 spiro atoms. The number of furan rings is 1. The molecule has 9 nitrogen and oxygen atoms in total. The number of hydrogen-bond donors (Lipinski definition) is 2. The summed E-state index contributed by atoms with van der Waals surface area (Å²) in [5.74, 6) is -1.88. The highest BCUT2D eigenvalue weighted by Gasteiger charge is 2.29. The molecule has 0 atom stereocenters. The zero-order valence-corrected chi connectivity index (χ0v) is 19.7. The van der Waals surface area contributed by atoms with Gasteiger partial charge in [-0.05, 0) is 37.3 Å². The van der Waals surface area contributed by atoms with Crippen LogP contribution in [-0.2, 0) is 13.6 Å². The molecule has 0 fully saturated rings. The molecule has 180 valence electrons. The zero-order valence-electron chi connectivity index (χ0n) is 19.0. The summed E-state index contributed by atoms with van der Waals surface area (Å²) in [5.41, 5.74) is 1.75. The number of aromatic carboxylic acids is 1. The van der Waals surface area contributed by atoms with E-state index in [1.54, 1.807) is 23.9 Å². The number of nitrogens with one attached hydrogen (secondary N) is 1. The molecule has 0 saturated carbocycles. The first kappa shape index (κ1) is 22.1. The van der Waals surface area contributed by atoms with Crippen molar-refractivity contribution < 1.29 is 18.7 Å². The monoisotopic (exact) mass is 505 g/mol. The van der Waals surface area contributed by atoms with Gasteiger partial charge in [0.15, 0.2) is 5.65 Å². The number of rotatable bonds is 4. The quantitative estimate of drug-likeness (QED) is 0.330. The molecule has 0 aliphatic heterocycles. The minimum Gasteiger partial charge on any atom is -0.477 e. The highest BCUT2D eigenvalue weighted by molar-refractivity contribution is 6.30. The number of hydrogen-bond acceptors (Lipinski definition) is 5. The van der Waals surface area contributed by atoms with Gasteiger partial charge in [0, 0.05) is 29.8 Å². The Morgan fingerprint density at radius 2 is 2.08 bits per heavy atom. The van der Waals surface area contributed by atoms with Crippen molar-refractivity contribution in [2.45, 2.75) is 13.5 Å². The fraction of sp³-hybridized carbons (Fsp3) is 0.120. The van der Waals surface area contributed by atoms with Crippen LogP contribution in [0.2, 0.25) is 5.15 Å². The summed E-state index contributed by atoms with van der Waals surface area (Å²) in [6, 6.07) is 7.61. The van der Waals surface area contributed by atoms with Crippen LogP contribution in [-0.4, -0.2) is 35.4 Å². The number of carboxylic acids is 1. The normalized spacial score (nSPS) is 11.8. The Labute approximate surface area is 206 Å². The third-order valence-electron chi connectivity index (χ3n) is 6.36. The van der Waals surface area contributed by atoms with E-state index in [-0.39, 0.29) is 45.0 Å². The second kappa shape index (κ2) is 7.79. The summed E-state index contributed by atoms with van der Waals surface area (Å²) < 4.78 is 23.7. The smallest absolute Gasteiger partial charge is 0.353 e. The van der Waals surface area contributed by atoms with Gasteiger partial charge in [0.05, 0.1) is 40.4 Å². The lowest BCUT2D eigenvalue weighted by atomic mass is 10.0. The lowest BCUT2D eigenvalue weighted by Gasteiger charge is -2.11. The van der Waals surface area contributed by atoms with Crippen molar-refractivity contribution in [2.75, 3.05) is 0 Å². The fourth-order valence-electron chi connectivity index (χ4n) is 4.82. The Hall–Kier alpha value is -4.44. The van der Waals surface area contributed by atoms with Gasteiger partial charge in [-0.1, -0.05) is 11.6 Å². The average molecular weight is 506 g/mol. The predicted octanol–water partition coefficient (Wildman–Crippen LogP) is 4.87. The first-order valence-electron chi connectivity index (χ1n) is 10.9. The second-order valence-corrected chi connectivity index (χ2v) is 8.82. The molecule has 6 rings (SSSR count). The number of aromatic nitrogens is 5. The minimum atomic E-state index is -1.30. The molecular weight excluding hydrogens is 489 g/mol. The number of nitrogens with zero attached hydrogens (tertiary/aromatic N) is 4. The third kappa shape index (κ3) is 3.07. The Balaban J connectivity index is 1.73. The highest BCUT2D eigenvalue weighted by atomic mass is 35.5. The number of aryl methyl sites for hydroxylation is 2. The van der Waals surface area contributed by atoms with E-state index >= 15 is 4.39 Å². The molecular formula is C25H17ClFN5O4. The number of aromatic amines is 1. The van der Waals surface area contributed by atoms with Gasteiger partial charge in [-0.15, -0.1) is 0 Å². The Bertz CT molecular complexity index is 1930. The molecule has 11 heteroatoms. The largest absolute Gasteiger partial charge is 0.477 e. The molecule has 0 unspecified atom stereocenters. The van der Waals surface area contributed by atoms with Gasteiger partial charge in [-0.25, -0.2) is 14.2 Å². The summed E-state index contributed by atoms with van der Waals surface area (Å²) in [5, 5.41) is 16.1. The molecule has 5 heterocycles. The third-order valence-corrected chi connectivity index (χ3v) is 6.69. The van der Waals surface area contributed by atoms with E-state index in [2.05, 4.69) is 15.1 Å². The molecule has 6 aromatic rings. The van der Waals surface area contributed by atoms with Crippen LogP contribution in [0, 0.1) is 12.7 Å². The van der Waals surface area contributed by atoms with Gasteiger partial charge in [0.1, 0.15) is 22.2 Å². The molecule has 0 aliphatic carbocycles. The second-order valence-electron chi connectivity index (χ2n) is 8.46. The maximum atomic E-state index is 15.1. The molecule has 36 heavy (non-hydrogen) atoms. The molecule has 2 N–H and O–H groups in total. The van der Waals surface area contributed by atoms with Gasteiger partial charge >= 0.3 is 5.97 Å². The van der Waals surface area contributed by atoms with E-state index < -0.39 is 17.3 Å². The van der Waals surface area contributed by atoms with E-state index in [0.29, 0.717) is 16.6 Å². The Morgan fingerprint density at radius 3 is 2.83 bits per heavy atom. The van der Waals surface area contributed by atoms with Crippen LogP contribution in [0.5, 0.6) is 0 Å². The number of halogens is 2. The van der Waals surface area contributed by atoms with Crippen molar-refractivity contribution in [3.05, 3.63) is 81.1 Å². The first-order valence-corrected chi connectivity index (χ1v) is 11.3. The van der Waals surface area contributed by atoms with Crippen molar-refractivity contribution in [3.8, 4) is 11.1 Å². The molecule has 0 saturated heterocycles. The SMILES string of the molecule is Cc1nn(C)c2nc(Cl)c(Cn3c(C(=O)O)c(-c4ccc[nH]c4=O)c4c5occc5c(F)cc43)cc12. The topological polar surface area (TPSA) is 119 Å². The van der Waals surface area contributed by atoms with Crippen LogP contribution in [0.3, 0.4) is 0 Å².